The minimum absolute atomic E-state index is 0.239. The first-order chi connectivity index (χ1) is 15.3. The molecule has 4 rings (SSSR count). The van der Waals surface area contributed by atoms with Gasteiger partial charge < -0.3 is 10.1 Å². The van der Waals surface area contributed by atoms with Crippen molar-refractivity contribution in [3.63, 3.8) is 0 Å². The van der Waals surface area contributed by atoms with E-state index in [1.807, 2.05) is 45.0 Å². The summed E-state index contributed by atoms with van der Waals surface area (Å²) in [6.07, 6.45) is 0. The molecule has 2 amide bonds. The van der Waals surface area contributed by atoms with Gasteiger partial charge in [0.1, 0.15) is 11.4 Å². The zero-order valence-corrected chi connectivity index (χ0v) is 19.1. The Morgan fingerprint density at radius 1 is 0.844 bits per heavy atom. The van der Waals surface area contributed by atoms with E-state index in [0.29, 0.717) is 27.7 Å². The van der Waals surface area contributed by atoms with Crippen LogP contribution in [-0.2, 0) is 9.59 Å². The lowest BCUT2D eigenvalue weighted by atomic mass is 9.97. The van der Waals surface area contributed by atoms with Crippen molar-refractivity contribution in [1.29, 1.82) is 0 Å². The number of ether oxygens (including phenoxy) is 1. The fourth-order valence-electron chi connectivity index (χ4n) is 3.86. The number of hydrogen-bond donors (Lipinski definition) is 1. The molecule has 1 N–H and O–H groups in total. The smallest absolute Gasteiger partial charge is 0.282 e. The maximum Gasteiger partial charge on any atom is 0.282 e. The second-order valence-corrected chi connectivity index (χ2v) is 8.23. The van der Waals surface area contributed by atoms with Crippen LogP contribution in [0.25, 0.3) is 5.57 Å². The number of nitrogens with zero attached hydrogens (tertiary/aromatic N) is 1. The largest absolute Gasteiger partial charge is 0.497 e. The van der Waals surface area contributed by atoms with Gasteiger partial charge in [-0.05, 0) is 79.9 Å². The third-order valence-electron chi connectivity index (χ3n) is 5.51. The molecule has 0 fully saturated rings. The number of anilines is 2. The van der Waals surface area contributed by atoms with Crippen molar-refractivity contribution in [3.8, 4) is 5.75 Å². The molecule has 1 heterocycles. The average Bonchev–Trinajstić information content (AvgIpc) is 3.00. The van der Waals surface area contributed by atoms with E-state index in [1.165, 1.54) is 4.90 Å². The minimum Gasteiger partial charge on any atom is -0.497 e. The number of carbonyl (C=O) groups is 2. The van der Waals surface area contributed by atoms with E-state index in [-0.39, 0.29) is 11.6 Å². The first-order valence-corrected chi connectivity index (χ1v) is 10.6. The highest BCUT2D eigenvalue weighted by Gasteiger charge is 2.40. The van der Waals surface area contributed by atoms with Crippen molar-refractivity contribution < 1.29 is 14.3 Å². The fraction of sp³-hybridized carbons (Fsp3) is 0.154. The van der Waals surface area contributed by atoms with Crippen LogP contribution in [0, 0.1) is 20.8 Å². The number of rotatable bonds is 5. The summed E-state index contributed by atoms with van der Waals surface area (Å²) < 4.78 is 5.20. The SMILES string of the molecule is COc1ccc(N2C(=O)C(Nc3ccc(Cl)cc3C)=C(c3ccc(C)cc3C)C2=O)cc1. The van der Waals surface area contributed by atoms with Gasteiger partial charge in [0.25, 0.3) is 11.8 Å². The van der Waals surface area contributed by atoms with Crippen LogP contribution in [0.4, 0.5) is 11.4 Å². The van der Waals surface area contributed by atoms with Gasteiger partial charge in [-0.3, -0.25) is 9.59 Å². The highest BCUT2D eigenvalue weighted by Crippen LogP contribution is 2.36. The van der Waals surface area contributed by atoms with Gasteiger partial charge >= 0.3 is 0 Å². The van der Waals surface area contributed by atoms with Crippen LogP contribution in [0.15, 0.2) is 66.4 Å². The van der Waals surface area contributed by atoms with Gasteiger partial charge in [0.2, 0.25) is 0 Å². The molecule has 3 aromatic rings. The van der Waals surface area contributed by atoms with Crippen LogP contribution in [0.5, 0.6) is 5.75 Å². The molecule has 0 atom stereocenters. The third-order valence-corrected chi connectivity index (χ3v) is 5.75. The number of benzene rings is 3. The van der Waals surface area contributed by atoms with Crippen molar-refractivity contribution in [2.75, 3.05) is 17.3 Å². The Morgan fingerprint density at radius 3 is 2.19 bits per heavy atom. The molecule has 0 saturated heterocycles. The standard InChI is InChI=1S/C26H23ClN2O3/c1-15-5-11-21(16(2)13-15)23-24(28-22-12-6-18(27)14-17(22)3)26(31)29(25(23)30)19-7-9-20(32-4)10-8-19/h5-14,28H,1-4H3. The number of halogens is 1. The maximum absolute atomic E-state index is 13.6. The normalized spacial score (nSPS) is 13.7. The van der Waals surface area contributed by atoms with E-state index < -0.39 is 5.91 Å². The minimum atomic E-state index is -0.413. The van der Waals surface area contributed by atoms with E-state index >= 15 is 0 Å². The number of imide groups is 1. The number of aryl methyl sites for hydroxylation is 3. The molecule has 162 valence electrons. The van der Waals surface area contributed by atoms with Crippen molar-refractivity contribution in [3.05, 3.63) is 93.6 Å². The Hall–Kier alpha value is -3.57. The Labute approximate surface area is 192 Å². The number of carbonyl (C=O) groups excluding carboxylic acids is 2. The third kappa shape index (κ3) is 3.87. The summed E-state index contributed by atoms with van der Waals surface area (Å²) in [7, 11) is 1.57. The monoisotopic (exact) mass is 446 g/mol. The first-order valence-electron chi connectivity index (χ1n) is 10.2. The molecule has 6 heteroatoms. The Kier molecular flexibility index (Phi) is 5.76. The van der Waals surface area contributed by atoms with Crippen LogP contribution in [0.2, 0.25) is 5.02 Å². The van der Waals surface area contributed by atoms with Crippen molar-refractivity contribution in [2.45, 2.75) is 20.8 Å². The summed E-state index contributed by atoms with van der Waals surface area (Å²) in [6, 6.07) is 18.0. The van der Waals surface area contributed by atoms with Gasteiger partial charge in [-0.25, -0.2) is 4.90 Å². The molecular formula is C26H23ClN2O3. The Bertz CT molecular complexity index is 1260. The quantitative estimate of drug-likeness (QED) is 0.513. The van der Waals surface area contributed by atoms with E-state index in [0.717, 1.165) is 22.3 Å². The lowest BCUT2D eigenvalue weighted by molar-refractivity contribution is -0.120. The number of nitrogens with one attached hydrogen (secondary N) is 1. The first kappa shape index (κ1) is 21.7. The molecule has 0 aromatic heterocycles. The van der Waals surface area contributed by atoms with E-state index in [2.05, 4.69) is 5.32 Å². The summed E-state index contributed by atoms with van der Waals surface area (Å²) in [4.78, 5) is 28.3. The maximum atomic E-state index is 13.6. The second kappa shape index (κ2) is 8.52. The molecule has 0 bridgehead atoms. The molecule has 0 spiro atoms. The highest BCUT2D eigenvalue weighted by molar-refractivity contribution is 6.46. The Morgan fingerprint density at radius 2 is 1.56 bits per heavy atom. The number of methoxy groups -OCH3 is 1. The van der Waals surface area contributed by atoms with Crippen LogP contribution in [-0.4, -0.2) is 18.9 Å². The van der Waals surface area contributed by atoms with Crippen LogP contribution < -0.4 is 15.0 Å². The highest BCUT2D eigenvalue weighted by atomic mass is 35.5. The molecule has 0 radical (unpaired) electrons. The van der Waals surface area contributed by atoms with Gasteiger partial charge in [-0.1, -0.05) is 35.4 Å². The number of hydrogen-bond acceptors (Lipinski definition) is 4. The second-order valence-electron chi connectivity index (χ2n) is 7.80. The summed E-state index contributed by atoms with van der Waals surface area (Å²) in [5, 5.41) is 3.82. The van der Waals surface area contributed by atoms with Crippen LogP contribution in [0.1, 0.15) is 22.3 Å². The molecule has 1 aliphatic rings. The molecule has 1 aliphatic heterocycles. The molecule has 0 aliphatic carbocycles. The van der Waals surface area contributed by atoms with Gasteiger partial charge in [-0.2, -0.15) is 0 Å². The topological polar surface area (TPSA) is 58.6 Å². The fourth-order valence-corrected chi connectivity index (χ4v) is 4.08. The summed E-state index contributed by atoms with van der Waals surface area (Å²) in [5.74, 6) is -0.142. The molecule has 0 unspecified atom stereocenters. The predicted molar refractivity (Wildman–Crippen MR) is 128 cm³/mol. The molecule has 32 heavy (non-hydrogen) atoms. The molecular weight excluding hydrogens is 424 g/mol. The lowest BCUT2D eigenvalue weighted by Crippen LogP contribution is -2.32. The molecule has 5 nitrogen and oxygen atoms in total. The summed E-state index contributed by atoms with van der Waals surface area (Å²) in [6.45, 7) is 5.83. The van der Waals surface area contributed by atoms with Crippen molar-refractivity contribution in [2.24, 2.45) is 0 Å². The van der Waals surface area contributed by atoms with Crippen molar-refractivity contribution in [1.82, 2.24) is 0 Å². The Balaban J connectivity index is 1.85. The summed E-state index contributed by atoms with van der Waals surface area (Å²) >= 11 is 6.09. The van der Waals surface area contributed by atoms with Crippen LogP contribution >= 0.6 is 11.6 Å². The summed E-state index contributed by atoms with van der Waals surface area (Å²) in [5.41, 5.74) is 5.37. The zero-order valence-electron chi connectivity index (χ0n) is 18.3. The van der Waals surface area contributed by atoms with E-state index in [9.17, 15) is 9.59 Å². The number of amides is 2. The average molecular weight is 447 g/mol. The van der Waals surface area contributed by atoms with E-state index in [4.69, 9.17) is 16.3 Å². The van der Waals surface area contributed by atoms with E-state index in [1.54, 1.807) is 43.5 Å². The van der Waals surface area contributed by atoms with Gasteiger partial charge in [0.05, 0.1) is 18.4 Å². The molecule has 0 saturated carbocycles. The molecule has 3 aromatic carbocycles. The van der Waals surface area contributed by atoms with Crippen LogP contribution in [0.3, 0.4) is 0 Å². The van der Waals surface area contributed by atoms with Gasteiger partial charge in [-0.15, -0.1) is 0 Å². The lowest BCUT2D eigenvalue weighted by Gasteiger charge is -2.16. The zero-order chi connectivity index (χ0) is 23.0. The van der Waals surface area contributed by atoms with Gasteiger partial charge in [0, 0.05) is 10.7 Å². The predicted octanol–water partition coefficient (Wildman–Crippen LogP) is 5.67. The van der Waals surface area contributed by atoms with Crippen molar-refractivity contribution >= 4 is 40.4 Å². The van der Waals surface area contributed by atoms with Gasteiger partial charge in [0.15, 0.2) is 0 Å².